The van der Waals surface area contributed by atoms with Gasteiger partial charge in [-0.05, 0) is 18.1 Å². The van der Waals surface area contributed by atoms with Gasteiger partial charge in [0.1, 0.15) is 5.01 Å². The molecule has 3 rings (SSSR count). The maximum absolute atomic E-state index is 11.4. The van der Waals surface area contributed by atoms with Gasteiger partial charge in [-0.15, -0.1) is 10.2 Å². The molecule has 0 amide bonds. The average molecular weight is 275 g/mol. The zero-order valence-corrected chi connectivity index (χ0v) is 11.2. The molecule has 6 heteroatoms. The summed E-state index contributed by atoms with van der Waals surface area (Å²) in [5.41, 5.74) is 1.96. The van der Waals surface area contributed by atoms with Crippen LogP contribution in [0.5, 0.6) is 0 Å². The van der Waals surface area contributed by atoms with Gasteiger partial charge in [0, 0.05) is 13.1 Å². The number of hydrogen-bond donors (Lipinski definition) is 1. The van der Waals surface area contributed by atoms with Crippen molar-refractivity contribution in [2.45, 2.75) is 19.4 Å². The van der Waals surface area contributed by atoms with Crippen molar-refractivity contribution < 1.29 is 9.90 Å². The van der Waals surface area contributed by atoms with Crippen LogP contribution in [0.15, 0.2) is 24.3 Å². The summed E-state index contributed by atoms with van der Waals surface area (Å²) >= 11 is 1.49. The van der Waals surface area contributed by atoms with Crippen molar-refractivity contribution in [3.63, 3.8) is 0 Å². The van der Waals surface area contributed by atoms with E-state index in [9.17, 15) is 9.90 Å². The van der Waals surface area contributed by atoms with E-state index in [2.05, 4.69) is 10.2 Å². The zero-order valence-electron chi connectivity index (χ0n) is 10.4. The number of anilines is 1. The number of fused-ring (bicyclic) bond motifs is 1. The summed E-state index contributed by atoms with van der Waals surface area (Å²) < 4.78 is 0. The van der Waals surface area contributed by atoms with Gasteiger partial charge in [0.15, 0.2) is 0 Å². The lowest BCUT2D eigenvalue weighted by Gasteiger charge is -2.32. The zero-order chi connectivity index (χ0) is 13.4. The molecular weight excluding hydrogens is 262 g/mol. The Balaban J connectivity index is 1.99. The van der Waals surface area contributed by atoms with Crippen LogP contribution >= 0.6 is 11.3 Å². The Kier molecular flexibility index (Phi) is 2.94. The van der Waals surface area contributed by atoms with Crippen molar-refractivity contribution >= 4 is 22.4 Å². The van der Waals surface area contributed by atoms with Gasteiger partial charge < -0.3 is 10.0 Å². The van der Waals surface area contributed by atoms with Crippen LogP contribution in [-0.4, -0.2) is 27.8 Å². The molecule has 0 spiro atoms. The number of aryl methyl sites for hydroxylation is 1. The van der Waals surface area contributed by atoms with Crippen molar-refractivity contribution in [2.75, 3.05) is 11.4 Å². The van der Waals surface area contributed by atoms with E-state index in [-0.39, 0.29) is 0 Å². The van der Waals surface area contributed by atoms with E-state index in [1.807, 2.05) is 36.1 Å². The Labute approximate surface area is 114 Å². The average Bonchev–Trinajstić information content (AvgIpc) is 2.84. The highest BCUT2D eigenvalue weighted by Gasteiger charge is 2.31. The molecule has 1 atom stereocenters. The second kappa shape index (κ2) is 4.62. The van der Waals surface area contributed by atoms with Crippen LogP contribution in [-0.2, 0) is 11.3 Å². The van der Waals surface area contributed by atoms with Crippen molar-refractivity contribution in [3.8, 4) is 0 Å². The van der Waals surface area contributed by atoms with Crippen LogP contribution < -0.4 is 4.90 Å². The number of nitrogens with zero attached hydrogens (tertiary/aromatic N) is 3. The molecule has 0 fully saturated rings. The lowest BCUT2D eigenvalue weighted by atomic mass is 9.90. The van der Waals surface area contributed by atoms with E-state index < -0.39 is 11.9 Å². The van der Waals surface area contributed by atoms with Gasteiger partial charge >= 0.3 is 5.97 Å². The number of carbonyl (C=O) groups is 1. The molecule has 0 saturated carbocycles. The normalized spacial score (nSPS) is 18.2. The minimum atomic E-state index is -0.793. The highest BCUT2D eigenvalue weighted by molar-refractivity contribution is 7.15. The van der Waals surface area contributed by atoms with Crippen LogP contribution in [0, 0.1) is 6.92 Å². The maximum atomic E-state index is 11.4. The molecule has 1 N–H and O–H groups in total. The molecule has 1 aromatic heterocycles. The van der Waals surface area contributed by atoms with Crippen LogP contribution in [0.4, 0.5) is 5.13 Å². The molecule has 0 saturated heterocycles. The van der Waals surface area contributed by atoms with Gasteiger partial charge in [-0.2, -0.15) is 0 Å². The molecule has 0 radical (unpaired) electrons. The lowest BCUT2D eigenvalue weighted by Crippen LogP contribution is -2.36. The second-order valence-electron chi connectivity index (χ2n) is 4.57. The molecule has 1 unspecified atom stereocenters. The molecule has 98 valence electrons. The first-order valence-electron chi connectivity index (χ1n) is 6.01. The minimum Gasteiger partial charge on any atom is -0.481 e. The third-order valence-electron chi connectivity index (χ3n) is 3.28. The Hall–Kier alpha value is -1.95. The number of aliphatic carboxylic acids is 1. The lowest BCUT2D eigenvalue weighted by molar-refractivity contribution is -0.138. The third kappa shape index (κ3) is 2.19. The molecule has 2 heterocycles. The van der Waals surface area contributed by atoms with Crippen molar-refractivity contribution in [1.82, 2.24) is 10.2 Å². The highest BCUT2D eigenvalue weighted by Crippen LogP contribution is 2.32. The monoisotopic (exact) mass is 275 g/mol. The molecule has 5 nitrogen and oxygen atoms in total. The predicted molar refractivity (Wildman–Crippen MR) is 72.5 cm³/mol. The fourth-order valence-corrected chi connectivity index (χ4v) is 3.07. The first kappa shape index (κ1) is 12.1. The quantitative estimate of drug-likeness (QED) is 0.908. The molecule has 1 aromatic carbocycles. The third-order valence-corrected chi connectivity index (χ3v) is 4.18. The van der Waals surface area contributed by atoms with Crippen LogP contribution in [0.2, 0.25) is 0 Å². The Bertz CT molecular complexity index is 626. The van der Waals surface area contributed by atoms with E-state index in [0.29, 0.717) is 13.1 Å². The van der Waals surface area contributed by atoms with Crippen molar-refractivity contribution in [1.29, 1.82) is 0 Å². The van der Waals surface area contributed by atoms with E-state index in [0.717, 1.165) is 21.3 Å². The summed E-state index contributed by atoms with van der Waals surface area (Å²) in [6.07, 6.45) is 0. The summed E-state index contributed by atoms with van der Waals surface area (Å²) in [6.45, 7) is 3.03. The van der Waals surface area contributed by atoms with E-state index in [1.165, 1.54) is 11.3 Å². The summed E-state index contributed by atoms with van der Waals surface area (Å²) in [6, 6.07) is 7.70. The van der Waals surface area contributed by atoms with E-state index in [1.54, 1.807) is 0 Å². The standard InChI is InChI=1S/C13H13N3O2S/c1-8-14-15-13(19-8)16-6-9-4-2-3-5-10(9)11(7-16)12(17)18/h2-5,11H,6-7H2,1H3,(H,17,18). The summed E-state index contributed by atoms with van der Waals surface area (Å²) in [5.74, 6) is -1.30. The first-order valence-corrected chi connectivity index (χ1v) is 6.82. The van der Waals surface area contributed by atoms with Gasteiger partial charge in [-0.1, -0.05) is 35.6 Å². The number of benzene rings is 1. The Morgan fingerprint density at radius 3 is 2.89 bits per heavy atom. The van der Waals surface area contributed by atoms with Crippen LogP contribution in [0.3, 0.4) is 0 Å². The summed E-state index contributed by atoms with van der Waals surface area (Å²) in [4.78, 5) is 13.4. The number of carboxylic acid groups (broad SMARTS) is 1. The molecule has 2 aromatic rings. The SMILES string of the molecule is Cc1nnc(N2Cc3ccccc3C(C(=O)O)C2)s1. The number of rotatable bonds is 2. The Morgan fingerprint density at radius 2 is 2.21 bits per heavy atom. The smallest absolute Gasteiger partial charge is 0.312 e. The van der Waals surface area contributed by atoms with Gasteiger partial charge in [0.25, 0.3) is 0 Å². The molecule has 0 aliphatic carbocycles. The number of carboxylic acids is 1. The van der Waals surface area contributed by atoms with Crippen molar-refractivity contribution in [3.05, 3.63) is 40.4 Å². The predicted octanol–water partition coefficient (Wildman–Crippen LogP) is 2.03. The van der Waals surface area contributed by atoms with Gasteiger partial charge in [-0.25, -0.2) is 0 Å². The topological polar surface area (TPSA) is 66.3 Å². The summed E-state index contributed by atoms with van der Waals surface area (Å²) in [7, 11) is 0. The Morgan fingerprint density at radius 1 is 1.42 bits per heavy atom. The van der Waals surface area contributed by atoms with Crippen molar-refractivity contribution in [2.24, 2.45) is 0 Å². The van der Waals surface area contributed by atoms with Gasteiger partial charge in [0.05, 0.1) is 5.92 Å². The summed E-state index contributed by atoms with van der Waals surface area (Å²) in [5, 5.41) is 19.2. The minimum absolute atomic E-state index is 0.445. The number of hydrogen-bond acceptors (Lipinski definition) is 5. The van der Waals surface area contributed by atoms with Gasteiger partial charge in [0.2, 0.25) is 5.13 Å². The van der Waals surface area contributed by atoms with Crippen LogP contribution in [0.1, 0.15) is 22.1 Å². The first-order chi connectivity index (χ1) is 9.15. The molecule has 1 aliphatic rings. The second-order valence-corrected chi connectivity index (χ2v) is 5.73. The van der Waals surface area contributed by atoms with Gasteiger partial charge in [-0.3, -0.25) is 4.79 Å². The fraction of sp³-hybridized carbons (Fsp3) is 0.308. The van der Waals surface area contributed by atoms with Crippen LogP contribution in [0.25, 0.3) is 0 Å². The maximum Gasteiger partial charge on any atom is 0.312 e. The largest absolute Gasteiger partial charge is 0.481 e. The molecule has 1 aliphatic heterocycles. The highest BCUT2D eigenvalue weighted by atomic mass is 32.1. The van der Waals surface area contributed by atoms with E-state index in [4.69, 9.17) is 0 Å². The van der Waals surface area contributed by atoms with E-state index >= 15 is 0 Å². The molecule has 0 bridgehead atoms. The fourth-order valence-electron chi connectivity index (χ4n) is 2.38. The number of aromatic nitrogens is 2. The molecule has 19 heavy (non-hydrogen) atoms. The molecular formula is C13H13N3O2S.